The van der Waals surface area contributed by atoms with Crippen LogP contribution in [0.2, 0.25) is 0 Å². The Hall–Kier alpha value is -1.06. The Kier molecular flexibility index (Phi) is 3.43. The number of carbonyl (C=O) groups excluding carboxylic acids is 1. The molecule has 0 aromatic heterocycles. The summed E-state index contributed by atoms with van der Waals surface area (Å²) in [5.74, 6) is -0.321. The number of rotatable bonds is 3. The number of carbonyl (C=O) groups is 1. The highest BCUT2D eigenvalue weighted by atomic mass is 16.9. The maximum absolute atomic E-state index is 10.3. The highest BCUT2D eigenvalue weighted by molar-refractivity contribution is 6.24. The van der Waals surface area contributed by atoms with Gasteiger partial charge in [0.1, 0.15) is 0 Å². The number of hydrogen-bond donors (Lipinski definition) is 0. The molecule has 0 spiro atoms. The van der Waals surface area contributed by atoms with Gasteiger partial charge in [-0.25, -0.2) is 0 Å². The Morgan fingerprint density at radius 1 is 1.89 bits per heavy atom. The summed E-state index contributed by atoms with van der Waals surface area (Å²) >= 11 is 0. The molecule has 0 rings (SSSR count). The number of hydrogen-bond acceptors (Lipinski definition) is 3. The van der Waals surface area contributed by atoms with Crippen molar-refractivity contribution in [1.29, 1.82) is 0 Å². The number of Topliss-reactive ketones (excluding diaryl/α,β-unsaturated/α-hetero) is 1. The standard InChI is InChI=1S/C5H9NO3/c1-3-9-6(8)4-5(2)7/h4H,3H2,1-2H3. The largest absolute Gasteiger partial charge is 0.403 e. The normalized spacial score (nSPS) is 11.1. The van der Waals surface area contributed by atoms with Gasteiger partial charge < -0.3 is 4.84 Å². The zero-order chi connectivity index (χ0) is 7.28. The van der Waals surface area contributed by atoms with Crippen LogP contribution in [0, 0.1) is 5.21 Å². The molecule has 0 heterocycles. The molecule has 0 aromatic carbocycles. The smallest absolute Gasteiger partial charge is 0.275 e. The lowest BCUT2D eigenvalue weighted by atomic mass is 10.5. The second-order valence-corrected chi connectivity index (χ2v) is 1.44. The van der Waals surface area contributed by atoms with Gasteiger partial charge in [-0.2, -0.15) is 0 Å². The van der Waals surface area contributed by atoms with E-state index in [-0.39, 0.29) is 17.3 Å². The van der Waals surface area contributed by atoms with Crippen LogP contribution in [0.25, 0.3) is 0 Å². The average Bonchev–Trinajstić information content (AvgIpc) is 1.63. The van der Waals surface area contributed by atoms with Crippen molar-refractivity contribution >= 4 is 12.0 Å². The van der Waals surface area contributed by atoms with Crippen molar-refractivity contribution in [3.05, 3.63) is 5.21 Å². The van der Waals surface area contributed by atoms with Gasteiger partial charge in [0.25, 0.3) is 6.21 Å². The predicted molar refractivity (Wildman–Crippen MR) is 32.0 cm³/mol. The molecule has 4 nitrogen and oxygen atoms in total. The minimum atomic E-state index is -0.321. The first-order valence-electron chi connectivity index (χ1n) is 2.61. The van der Waals surface area contributed by atoms with Gasteiger partial charge >= 0.3 is 0 Å². The zero-order valence-corrected chi connectivity index (χ0v) is 5.46. The molecule has 0 unspecified atom stereocenters. The van der Waals surface area contributed by atoms with E-state index in [2.05, 4.69) is 4.84 Å². The Bertz CT molecular complexity index is 130. The summed E-state index contributed by atoms with van der Waals surface area (Å²) in [6.45, 7) is 3.22. The molecule has 52 valence electrons. The van der Waals surface area contributed by atoms with Gasteiger partial charge in [-0.1, -0.05) is 6.92 Å². The summed E-state index contributed by atoms with van der Waals surface area (Å²) in [7, 11) is 0. The third-order valence-corrected chi connectivity index (χ3v) is 0.544. The quantitative estimate of drug-likeness (QED) is 0.310. The molecule has 4 heteroatoms. The van der Waals surface area contributed by atoms with Gasteiger partial charge in [-0.3, -0.25) is 10.0 Å². The Balaban J connectivity index is 3.69. The van der Waals surface area contributed by atoms with E-state index in [0.29, 0.717) is 0 Å². The van der Waals surface area contributed by atoms with Crippen LogP contribution in [0.15, 0.2) is 0 Å². The van der Waals surface area contributed by atoms with E-state index in [9.17, 15) is 10.0 Å². The summed E-state index contributed by atoms with van der Waals surface area (Å²) in [5, 5.41) is 10.3. The molecule has 0 aliphatic carbocycles. The van der Waals surface area contributed by atoms with Crippen molar-refractivity contribution in [2.24, 2.45) is 0 Å². The van der Waals surface area contributed by atoms with Crippen LogP contribution in [0.1, 0.15) is 13.8 Å². The molecule has 0 amide bonds. The van der Waals surface area contributed by atoms with E-state index in [0.717, 1.165) is 6.21 Å². The Labute approximate surface area is 53.3 Å². The highest BCUT2D eigenvalue weighted by Crippen LogP contribution is 1.72. The first-order chi connectivity index (χ1) is 4.16. The molecule has 0 saturated heterocycles. The lowest BCUT2D eigenvalue weighted by Crippen LogP contribution is -2.10. The first kappa shape index (κ1) is 7.94. The molecule has 0 fully saturated rings. The molecule has 0 aromatic rings. The summed E-state index contributed by atoms with van der Waals surface area (Å²) in [6, 6.07) is 0. The van der Waals surface area contributed by atoms with E-state index in [1.165, 1.54) is 6.92 Å². The number of ketones is 1. The van der Waals surface area contributed by atoms with E-state index in [1.54, 1.807) is 6.92 Å². The van der Waals surface area contributed by atoms with Gasteiger partial charge in [0, 0.05) is 11.8 Å². The monoisotopic (exact) mass is 131 g/mol. The molecular formula is C5H9NO3. The minimum absolute atomic E-state index is 0.155. The van der Waals surface area contributed by atoms with Crippen molar-refractivity contribution in [3.8, 4) is 0 Å². The van der Waals surface area contributed by atoms with E-state index in [1.807, 2.05) is 0 Å². The van der Waals surface area contributed by atoms with Crippen LogP contribution in [-0.2, 0) is 9.63 Å². The predicted octanol–water partition coefficient (Wildman–Crippen LogP) is 0.108. The molecule has 0 N–H and O–H groups in total. The zero-order valence-electron chi connectivity index (χ0n) is 5.46. The average molecular weight is 131 g/mol. The van der Waals surface area contributed by atoms with Gasteiger partial charge in [-0.05, 0) is 0 Å². The van der Waals surface area contributed by atoms with Crippen LogP contribution >= 0.6 is 0 Å². The van der Waals surface area contributed by atoms with Crippen molar-refractivity contribution in [2.45, 2.75) is 13.8 Å². The van der Waals surface area contributed by atoms with Crippen LogP contribution in [-0.4, -0.2) is 23.5 Å². The van der Waals surface area contributed by atoms with E-state index >= 15 is 0 Å². The van der Waals surface area contributed by atoms with Crippen LogP contribution in [0.3, 0.4) is 0 Å². The van der Waals surface area contributed by atoms with Crippen molar-refractivity contribution < 1.29 is 14.5 Å². The lowest BCUT2D eigenvalue weighted by molar-refractivity contribution is -0.736. The topological polar surface area (TPSA) is 52.4 Å². The third-order valence-electron chi connectivity index (χ3n) is 0.544. The van der Waals surface area contributed by atoms with E-state index < -0.39 is 0 Å². The summed E-state index contributed by atoms with van der Waals surface area (Å²) in [5.41, 5.74) is 0. The Morgan fingerprint density at radius 2 is 2.44 bits per heavy atom. The molecule has 0 aliphatic heterocycles. The molecule has 0 saturated carbocycles. The van der Waals surface area contributed by atoms with Gasteiger partial charge in [0.2, 0.25) is 5.78 Å². The molecule has 0 atom stereocenters. The number of nitrogens with zero attached hydrogens (tertiary/aromatic N) is 1. The maximum atomic E-state index is 10.3. The molecule has 0 radical (unpaired) electrons. The van der Waals surface area contributed by atoms with E-state index in [4.69, 9.17) is 0 Å². The van der Waals surface area contributed by atoms with Crippen molar-refractivity contribution in [3.63, 3.8) is 0 Å². The van der Waals surface area contributed by atoms with Crippen LogP contribution < -0.4 is 0 Å². The molecular weight excluding hydrogens is 122 g/mol. The second-order valence-electron chi connectivity index (χ2n) is 1.44. The highest BCUT2D eigenvalue weighted by Gasteiger charge is 1.93. The SMILES string of the molecule is CCO[N+]([O-])=CC(C)=O. The third kappa shape index (κ3) is 4.80. The fraction of sp³-hybridized carbons (Fsp3) is 0.600. The Morgan fingerprint density at radius 3 is 2.78 bits per heavy atom. The summed E-state index contributed by atoms with van der Waals surface area (Å²) < 4.78 is 0. The minimum Gasteiger partial charge on any atom is -0.403 e. The van der Waals surface area contributed by atoms with Crippen molar-refractivity contribution in [2.75, 3.05) is 6.61 Å². The van der Waals surface area contributed by atoms with Crippen molar-refractivity contribution in [1.82, 2.24) is 0 Å². The maximum Gasteiger partial charge on any atom is 0.275 e. The lowest BCUT2D eigenvalue weighted by Gasteiger charge is -1.97. The van der Waals surface area contributed by atoms with Gasteiger partial charge in [0.05, 0.1) is 6.61 Å². The first-order valence-corrected chi connectivity index (χ1v) is 2.61. The molecule has 0 bridgehead atoms. The molecule has 9 heavy (non-hydrogen) atoms. The summed E-state index contributed by atoms with van der Waals surface area (Å²) in [6.07, 6.45) is 0.837. The molecule has 0 aliphatic rings. The fourth-order valence-electron chi connectivity index (χ4n) is 0.313. The van der Waals surface area contributed by atoms with Gasteiger partial charge in [0.15, 0.2) is 0 Å². The summed E-state index contributed by atoms with van der Waals surface area (Å²) in [4.78, 5) is 14.7. The second kappa shape index (κ2) is 3.88. The van der Waals surface area contributed by atoms with Crippen LogP contribution in [0.4, 0.5) is 0 Å². The van der Waals surface area contributed by atoms with Gasteiger partial charge in [-0.15, -0.1) is 0 Å². The van der Waals surface area contributed by atoms with Crippen LogP contribution in [0.5, 0.6) is 0 Å². The fourth-order valence-corrected chi connectivity index (χ4v) is 0.313.